The van der Waals surface area contributed by atoms with E-state index >= 15 is 0 Å². The maximum absolute atomic E-state index is 4.68. The number of nitrogens with one attached hydrogen (secondary N) is 1. The molecule has 1 N–H and O–H groups in total. The van der Waals surface area contributed by atoms with Crippen molar-refractivity contribution in [1.82, 2.24) is 4.98 Å². The summed E-state index contributed by atoms with van der Waals surface area (Å²) in [5, 5.41) is 4.65. The predicted molar refractivity (Wildman–Crippen MR) is 74.8 cm³/mol. The van der Waals surface area contributed by atoms with Crippen molar-refractivity contribution in [2.24, 2.45) is 5.92 Å². The Morgan fingerprint density at radius 2 is 2.12 bits per heavy atom. The third-order valence-electron chi connectivity index (χ3n) is 3.57. The zero-order valence-electron chi connectivity index (χ0n) is 10.6. The van der Waals surface area contributed by atoms with Crippen LogP contribution in [0.15, 0.2) is 18.2 Å². The number of aryl methyl sites for hydroxylation is 1. The molecule has 1 aromatic carbocycles. The van der Waals surface area contributed by atoms with Crippen molar-refractivity contribution in [3.05, 3.63) is 23.8 Å². The molecular weight excluding hydrogens is 228 g/mol. The number of benzene rings is 1. The average molecular weight is 246 g/mol. The Hall–Kier alpha value is -1.09. The molecule has 17 heavy (non-hydrogen) atoms. The molecular formula is C14H18N2S. The van der Waals surface area contributed by atoms with Crippen LogP contribution >= 0.6 is 11.3 Å². The van der Waals surface area contributed by atoms with E-state index in [0.29, 0.717) is 0 Å². The van der Waals surface area contributed by atoms with Gasteiger partial charge >= 0.3 is 0 Å². The van der Waals surface area contributed by atoms with Crippen molar-refractivity contribution in [2.75, 3.05) is 5.32 Å². The molecule has 1 fully saturated rings. The SMILES string of the molecule is Cc1ccc2sc(NC(C)(C)C3CC3)nc2c1. The fourth-order valence-corrected chi connectivity index (χ4v) is 3.29. The van der Waals surface area contributed by atoms with Gasteiger partial charge in [-0.05, 0) is 57.2 Å². The van der Waals surface area contributed by atoms with Gasteiger partial charge in [0.1, 0.15) is 0 Å². The van der Waals surface area contributed by atoms with Crippen LogP contribution < -0.4 is 5.32 Å². The molecule has 2 nitrogen and oxygen atoms in total. The maximum Gasteiger partial charge on any atom is 0.184 e. The van der Waals surface area contributed by atoms with Crippen molar-refractivity contribution in [3.8, 4) is 0 Å². The Morgan fingerprint density at radius 3 is 2.82 bits per heavy atom. The summed E-state index contributed by atoms with van der Waals surface area (Å²) < 4.78 is 1.27. The van der Waals surface area contributed by atoms with E-state index in [4.69, 9.17) is 0 Å². The molecule has 0 amide bonds. The summed E-state index contributed by atoms with van der Waals surface area (Å²) in [6.07, 6.45) is 2.70. The number of aromatic nitrogens is 1. The van der Waals surface area contributed by atoms with Gasteiger partial charge in [-0.1, -0.05) is 17.4 Å². The second kappa shape index (κ2) is 3.70. The van der Waals surface area contributed by atoms with Gasteiger partial charge in [0.25, 0.3) is 0 Å². The highest BCUT2D eigenvalue weighted by Crippen LogP contribution is 2.42. The highest BCUT2D eigenvalue weighted by atomic mass is 32.1. The number of thiazole rings is 1. The van der Waals surface area contributed by atoms with Crippen LogP contribution in [0.1, 0.15) is 32.3 Å². The lowest BCUT2D eigenvalue weighted by Gasteiger charge is -2.25. The molecule has 0 spiro atoms. The smallest absolute Gasteiger partial charge is 0.184 e. The molecule has 1 aromatic heterocycles. The Bertz CT molecular complexity index is 552. The van der Waals surface area contributed by atoms with Crippen LogP contribution in [-0.4, -0.2) is 10.5 Å². The van der Waals surface area contributed by atoms with E-state index in [-0.39, 0.29) is 5.54 Å². The van der Waals surface area contributed by atoms with Crippen LogP contribution in [-0.2, 0) is 0 Å². The standard InChI is InChI=1S/C14H18N2S/c1-9-4-7-12-11(8-9)15-13(17-12)16-14(2,3)10-5-6-10/h4,7-8,10H,5-6H2,1-3H3,(H,15,16). The molecule has 0 saturated heterocycles. The van der Waals surface area contributed by atoms with Crippen molar-refractivity contribution in [3.63, 3.8) is 0 Å². The first-order valence-corrected chi connectivity index (χ1v) is 7.02. The average Bonchev–Trinajstić information content (AvgIpc) is 3.01. The lowest BCUT2D eigenvalue weighted by Crippen LogP contribution is -2.33. The minimum atomic E-state index is 0.183. The molecule has 1 saturated carbocycles. The van der Waals surface area contributed by atoms with Gasteiger partial charge < -0.3 is 5.32 Å². The van der Waals surface area contributed by atoms with E-state index in [1.54, 1.807) is 11.3 Å². The lowest BCUT2D eigenvalue weighted by molar-refractivity contribution is 0.494. The van der Waals surface area contributed by atoms with Crippen LogP contribution in [0.4, 0.5) is 5.13 Å². The maximum atomic E-state index is 4.68. The predicted octanol–water partition coefficient (Wildman–Crippen LogP) is 4.21. The summed E-state index contributed by atoms with van der Waals surface area (Å²) in [6.45, 7) is 6.67. The summed E-state index contributed by atoms with van der Waals surface area (Å²) in [4.78, 5) is 4.68. The van der Waals surface area contributed by atoms with Crippen molar-refractivity contribution >= 4 is 26.7 Å². The van der Waals surface area contributed by atoms with E-state index < -0.39 is 0 Å². The molecule has 3 rings (SSSR count). The largest absolute Gasteiger partial charge is 0.356 e. The normalized spacial score (nSPS) is 16.4. The number of hydrogen-bond acceptors (Lipinski definition) is 3. The molecule has 0 unspecified atom stereocenters. The second-order valence-corrected chi connectivity index (χ2v) is 6.64. The Morgan fingerprint density at radius 1 is 1.35 bits per heavy atom. The molecule has 0 aliphatic heterocycles. The fourth-order valence-electron chi connectivity index (χ4n) is 2.27. The highest BCUT2D eigenvalue weighted by Gasteiger charge is 2.38. The van der Waals surface area contributed by atoms with Crippen molar-refractivity contribution < 1.29 is 0 Å². The Labute approximate surface area is 106 Å². The van der Waals surface area contributed by atoms with Crippen LogP contribution in [0, 0.1) is 12.8 Å². The minimum Gasteiger partial charge on any atom is -0.356 e. The van der Waals surface area contributed by atoms with Crippen LogP contribution in [0.5, 0.6) is 0 Å². The molecule has 1 aliphatic rings. The quantitative estimate of drug-likeness (QED) is 0.877. The van der Waals surface area contributed by atoms with Gasteiger partial charge in [-0.3, -0.25) is 0 Å². The number of fused-ring (bicyclic) bond motifs is 1. The number of hydrogen-bond donors (Lipinski definition) is 1. The van der Waals surface area contributed by atoms with Gasteiger partial charge in [-0.2, -0.15) is 0 Å². The minimum absolute atomic E-state index is 0.183. The van der Waals surface area contributed by atoms with Crippen molar-refractivity contribution in [1.29, 1.82) is 0 Å². The van der Waals surface area contributed by atoms with Gasteiger partial charge in [-0.15, -0.1) is 0 Å². The first-order chi connectivity index (χ1) is 8.04. The summed E-state index contributed by atoms with van der Waals surface area (Å²) in [5.41, 5.74) is 2.57. The van der Waals surface area contributed by atoms with E-state index in [2.05, 4.69) is 49.3 Å². The highest BCUT2D eigenvalue weighted by molar-refractivity contribution is 7.22. The first kappa shape index (κ1) is 11.0. The van der Waals surface area contributed by atoms with E-state index in [9.17, 15) is 0 Å². The fraction of sp³-hybridized carbons (Fsp3) is 0.500. The van der Waals surface area contributed by atoms with Gasteiger partial charge in [0.15, 0.2) is 5.13 Å². The monoisotopic (exact) mass is 246 g/mol. The molecule has 2 aromatic rings. The summed E-state index contributed by atoms with van der Waals surface area (Å²) >= 11 is 1.76. The molecule has 1 heterocycles. The Kier molecular flexibility index (Phi) is 2.40. The van der Waals surface area contributed by atoms with Gasteiger partial charge in [0, 0.05) is 5.54 Å². The molecule has 0 atom stereocenters. The summed E-state index contributed by atoms with van der Waals surface area (Å²) in [7, 11) is 0. The summed E-state index contributed by atoms with van der Waals surface area (Å²) in [5.74, 6) is 0.816. The molecule has 3 heteroatoms. The first-order valence-electron chi connectivity index (χ1n) is 6.20. The van der Waals surface area contributed by atoms with E-state index in [1.807, 2.05) is 0 Å². The van der Waals surface area contributed by atoms with Gasteiger partial charge in [-0.25, -0.2) is 4.98 Å². The Balaban J connectivity index is 1.90. The summed E-state index contributed by atoms with van der Waals surface area (Å²) in [6, 6.07) is 6.47. The lowest BCUT2D eigenvalue weighted by atomic mass is 9.99. The third kappa shape index (κ3) is 2.16. The topological polar surface area (TPSA) is 24.9 Å². The van der Waals surface area contributed by atoms with Gasteiger partial charge in [0.05, 0.1) is 10.2 Å². The van der Waals surface area contributed by atoms with E-state index in [1.165, 1.54) is 23.1 Å². The van der Waals surface area contributed by atoms with Crippen LogP contribution in [0.3, 0.4) is 0 Å². The molecule has 90 valence electrons. The third-order valence-corrected chi connectivity index (χ3v) is 4.52. The zero-order valence-corrected chi connectivity index (χ0v) is 11.4. The molecule has 0 radical (unpaired) electrons. The van der Waals surface area contributed by atoms with Crippen LogP contribution in [0.25, 0.3) is 10.2 Å². The number of rotatable bonds is 3. The number of anilines is 1. The van der Waals surface area contributed by atoms with E-state index in [0.717, 1.165) is 16.6 Å². The second-order valence-electron chi connectivity index (χ2n) is 5.61. The number of nitrogens with zero attached hydrogens (tertiary/aromatic N) is 1. The molecule has 1 aliphatic carbocycles. The van der Waals surface area contributed by atoms with Gasteiger partial charge in [0.2, 0.25) is 0 Å². The molecule has 0 bridgehead atoms. The van der Waals surface area contributed by atoms with Crippen LogP contribution in [0.2, 0.25) is 0 Å². The zero-order chi connectivity index (χ0) is 12.0. The van der Waals surface area contributed by atoms with Crippen molar-refractivity contribution in [2.45, 2.75) is 39.2 Å².